The second-order valence-electron chi connectivity index (χ2n) is 6.67. The van der Waals surface area contributed by atoms with Crippen LogP contribution in [0.4, 0.5) is 0 Å². The van der Waals surface area contributed by atoms with Crippen LogP contribution in [0.5, 0.6) is 0 Å². The monoisotopic (exact) mass is 334 g/mol. The molecule has 1 aliphatic rings. The summed E-state index contributed by atoms with van der Waals surface area (Å²) in [5, 5.41) is 0.952. The molecule has 0 saturated carbocycles. The number of pyridine rings is 1. The van der Waals surface area contributed by atoms with Gasteiger partial charge in [-0.15, -0.1) is 0 Å². The zero-order chi connectivity index (χ0) is 17.4. The van der Waals surface area contributed by atoms with E-state index >= 15 is 0 Å². The van der Waals surface area contributed by atoms with Crippen molar-refractivity contribution in [1.82, 2.24) is 19.4 Å². The molecular weight excluding hydrogens is 312 g/mol. The van der Waals surface area contributed by atoms with Crippen LogP contribution >= 0.6 is 0 Å². The van der Waals surface area contributed by atoms with E-state index in [4.69, 9.17) is 0 Å². The Hall–Kier alpha value is -2.69. The number of aromatic nitrogens is 3. The Kier molecular flexibility index (Phi) is 3.99. The molecule has 0 N–H and O–H groups in total. The van der Waals surface area contributed by atoms with Crippen molar-refractivity contribution in [1.29, 1.82) is 0 Å². The maximum Gasteiger partial charge on any atom is 0.254 e. The lowest BCUT2D eigenvalue weighted by Gasteiger charge is -2.21. The Morgan fingerprint density at radius 2 is 2.12 bits per heavy atom. The van der Waals surface area contributed by atoms with Crippen LogP contribution in [0.3, 0.4) is 0 Å². The van der Waals surface area contributed by atoms with Crippen molar-refractivity contribution in [2.75, 3.05) is 6.54 Å². The lowest BCUT2D eigenvalue weighted by atomic mass is 10.0. The van der Waals surface area contributed by atoms with Crippen LogP contribution in [0, 0.1) is 6.92 Å². The zero-order valence-corrected chi connectivity index (χ0v) is 14.7. The summed E-state index contributed by atoms with van der Waals surface area (Å²) in [6.45, 7) is 6.35. The average Bonchev–Trinajstić information content (AvgIpc) is 2.96. The van der Waals surface area contributed by atoms with Gasteiger partial charge in [0.15, 0.2) is 0 Å². The Balaban J connectivity index is 1.76. The highest BCUT2D eigenvalue weighted by Crippen LogP contribution is 2.23. The number of nitrogens with zero attached hydrogens (tertiary/aromatic N) is 4. The molecule has 1 amide bonds. The van der Waals surface area contributed by atoms with Gasteiger partial charge >= 0.3 is 0 Å². The number of fused-ring (bicyclic) bond motifs is 2. The molecule has 2 aromatic heterocycles. The smallest absolute Gasteiger partial charge is 0.254 e. The van der Waals surface area contributed by atoms with Crippen molar-refractivity contribution in [3.63, 3.8) is 0 Å². The summed E-state index contributed by atoms with van der Waals surface area (Å²) in [5.41, 5.74) is 4.84. The highest BCUT2D eigenvalue weighted by atomic mass is 16.2. The first-order valence-corrected chi connectivity index (χ1v) is 8.84. The molecule has 0 spiro atoms. The summed E-state index contributed by atoms with van der Waals surface area (Å²) in [4.78, 5) is 24.1. The van der Waals surface area contributed by atoms with Crippen LogP contribution in [0.1, 0.15) is 40.7 Å². The second kappa shape index (κ2) is 6.31. The van der Waals surface area contributed by atoms with Crippen molar-refractivity contribution in [2.45, 2.75) is 39.8 Å². The van der Waals surface area contributed by atoms with Gasteiger partial charge in [-0.05, 0) is 43.5 Å². The third-order valence-corrected chi connectivity index (χ3v) is 4.91. The lowest BCUT2D eigenvalue weighted by Crippen LogP contribution is -2.31. The number of hydrogen-bond donors (Lipinski definition) is 0. The van der Waals surface area contributed by atoms with Crippen molar-refractivity contribution in [3.05, 3.63) is 59.3 Å². The highest BCUT2D eigenvalue weighted by Gasteiger charge is 2.22. The number of carbonyl (C=O) groups excluding carboxylic acids is 1. The number of aryl methyl sites for hydroxylation is 3. The molecule has 3 aromatic rings. The minimum absolute atomic E-state index is 0.0819. The Morgan fingerprint density at radius 1 is 1.24 bits per heavy atom. The highest BCUT2D eigenvalue weighted by molar-refractivity contribution is 6.06. The number of hydrogen-bond acceptors (Lipinski definition) is 3. The normalized spacial score (nSPS) is 14.4. The van der Waals surface area contributed by atoms with Crippen molar-refractivity contribution >= 4 is 16.8 Å². The molecule has 1 aromatic carbocycles. The Labute approximate surface area is 147 Å². The summed E-state index contributed by atoms with van der Waals surface area (Å²) >= 11 is 0. The fraction of sp³-hybridized carbons (Fsp3) is 0.350. The molecule has 5 nitrogen and oxygen atoms in total. The molecule has 128 valence electrons. The summed E-state index contributed by atoms with van der Waals surface area (Å²) in [6.07, 6.45) is 5.59. The number of imidazole rings is 1. The van der Waals surface area contributed by atoms with Gasteiger partial charge in [0.2, 0.25) is 0 Å². The largest absolute Gasteiger partial charge is 0.333 e. The molecular formula is C20H22N4O. The van der Waals surface area contributed by atoms with Crippen LogP contribution in [-0.4, -0.2) is 31.9 Å². The van der Waals surface area contributed by atoms with Gasteiger partial charge < -0.3 is 9.47 Å². The first kappa shape index (κ1) is 15.8. The predicted octanol–water partition coefficient (Wildman–Crippen LogP) is 3.35. The van der Waals surface area contributed by atoms with Crippen LogP contribution in [0.25, 0.3) is 10.9 Å². The van der Waals surface area contributed by atoms with Crippen LogP contribution in [0.15, 0.2) is 36.8 Å². The van der Waals surface area contributed by atoms with Crippen molar-refractivity contribution in [3.8, 4) is 0 Å². The molecule has 0 fully saturated rings. The minimum atomic E-state index is 0.0819. The van der Waals surface area contributed by atoms with E-state index in [1.807, 2.05) is 36.5 Å². The van der Waals surface area contributed by atoms with Crippen molar-refractivity contribution in [2.24, 2.45) is 0 Å². The fourth-order valence-electron chi connectivity index (χ4n) is 3.53. The Morgan fingerprint density at radius 3 is 2.96 bits per heavy atom. The van der Waals surface area contributed by atoms with E-state index in [1.54, 1.807) is 0 Å². The lowest BCUT2D eigenvalue weighted by molar-refractivity contribution is 0.0747. The first-order valence-electron chi connectivity index (χ1n) is 8.84. The van der Waals surface area contributed by atoms with Gasteiger partial charge in [-0.2, -0.15) is 0 Å². The van der Waals surface area contributed by atoms with E-state index in [2.05, 4.69) is 33.6 Å². The molecule has 3 heterocycles. The maximum absolute atomic E-state index is 13.3. The molecule has 0 bridgehead atoms. The van der Waals surface area contributed by atoms with E-state index < -0.39 is 0 Å². The molecule has 0 aliphatic carbocycles. The van der Waals surface area contributed by atoms with E-state index in [-0.39, 0.29) is 5.91 Å². The summed E-state index contributed by atoms with van der Waals surface area (Å²) in [6, 6.07) is 8.15. The van der Waals surface area contributed by atoms with Gasteiger partial charge in [0.1, 0.15) is 0 Å². The van der Waals surface area contributed by atoms with Crippen LogP contribution in [0.2, 0.25) is 0 Å². The standard InChI is InChI=1S/C20H22N4O/c1-3-15-5-6-19-17(10-15)18(9-14(2)22-19)20(25)23-7-4-8-24-13-21-11-16(24)12-23/h5-6,9-11,13H,3-4,7-8,12H2,1-2H3. The van der Waals surface area contributed by atoms with E-state index in [0.717, 1.165) is 53.8 Å². The van der Waals surface area contributed by atoms with Crippen LogP contribution in [-0.2, 0) is 19.5 Å². The molecule has 25 heavy (non-hydrogen) atoms. The number of amides is 1. The SMILES string of the molecule is CCc1ccc2nc(C)cc(C(=O)N3CCCn4cncc4C3)c2c1. The van der Waals surface area contributed by atoms with Gasteiger partial charge in [-0.3, -0.25) is 9.78 Å². The van der Waals surface area contributed by atoms with E-state index in [9.17, 15) is 4.79 Å². The number of carbonyl (C=O) groups is 1. The molecule has 0 unspecified atom stereocenters. The van der Waals surface area contributed by atoms with Gasteiger partial charge in [0.05, 0.1) is 29.6 Å². The first-order chi connectivity index (χ1) is 12.2. The average molecular weight is 334 g/mol. The van der Waals surface area contributed by atoms with E-state index in [0.29, 0.717) is 6.54 Å². The number of benzene rings is 1. The third kappa shape index (κ3) is 2.90. The van der Waals surface area contributed by atoms with Gasteiger partial charge in [-0.25, -0.2) is 4.98 Å². The third-order valence-electron chi connectivity index (χ3n) is 4.91. The molecule has 0 radical (unpaired) electrons. The number of rotatable bonds is 2. The summed E-state index contributed by atoms with van der Waals surface area (Å²) in [5.74, 6) is 0.0819. The van der Waals surface area contributed by atoms with Crippen molar-refractivity contribution < 1.29 is 4.79 Å². The Bertz CT molecular complexity index is 944. The molecule has 0 atom stereocenters. The van der Waals surface area contributed by atoms with Gasteiger partial charge in [0.25, 0.3) is 5.91 Å². The zero-order valence-electron chi connectivity index (χ0n) is 14.7. The second-order valence-corrected chi connectivity index (χ2v) is 6.67. The molecule has 1 aliphatic heterocycles. The minimum Gasteiger partial charge on any atom is -0.333 e. The fourth-order valence-corrected chi connectivity index (χ4v) is 3.53. The summed E-state index contributed by atoms with van der Waals surface area (Å²) in [7, 11) is 0. The van der Waals surface area contributed by atoms with Gasteiger partial charge in [0, 0.05) is 30.4 Å². The quantitative estimate of drug-likeness (QED) is 0.722. The predicted molar refractivity (Wildman–Crippen MR) is 97.4 cm³/mol. The van der Waals surface area contributed by atoms with Gasteiger partial charge in [-0.1, -0.05) is 13.0 Å². The van der Waals surface area contributed by atoms with E-state index in [1.165, 1.54) is 5.56 Å². The molecule has 0 saturated heterocycles. The summed E-state index contributed by atoms with van der Waals surface area (Å²) < 4.78 is 2.14. The maximum atomic E-state index is 13.3. The van der Waals surface area contributed by atoms with Crippen LogP contribution < -0.4 is 0 Å². The molecule has 4 rings (SSSR count). The molecule has 5 heteroatoms. The topological polar surface area (TPSA) is 51.0 Å².